The van der Waals surface area contributed by atoms with E-state index in [2.05, 4.69) is 10.5 Å². The third kappa shape index (κ3) is 4.92. The molecule has 8 heteroatoms. The van der Waals surface area contributed by atoms with Gasteiger partial charge in [0.05, 0.1) is 23.2 Å². The van der Waals surface area contributed by atoms with Crippen molar-refractivity contribution in [2.75, 3.05) is 12.4 Å². The largest absolute Gasteiger partial charge is 0.274 e. The summed E-state index contributed by atoms with van der Waals surface area (Å²) in [4.78, 5) is 34.3. The Morgan fingerprint density at radius 2 is 2.07 bits per heavy atom. The number of hydrogen-bond donors (Lipinski definition) is 1. The van der Waals surface area contributed by atoms with Gasteiger partial charge in [0, 0.05) is 17.2 Å². The first-order valence-electron chi connectivity index (χ1n) is 8.91. The molecule has 0 radical (unpaired) electrons. The van der Waals surface area contributed by atoms with Gasteiger partial charge >= 0.3 is 0 Å². The zero-order valence-corrected chi connectivity index (χ0v) is 16.9. The van der Waals surface area contributed by atoms with Crippen LogP contribution in [0.1, 0.15) is 19.8 Å². The molecular formula is C20H20ClN3O3S. The van der Waals surface area contributed by atoms with Gasteiger partial charge in [-0.1, -0.05) is 41.6 Å². The Labute approximate surface area is 171 Å². The molecule has 146 valence electrons. The summed E-state index contributed by atoms with van der Waals surface area (Å²) >= 11 is 7.55. The number of fused-ring (bicyclic) bond motifs is 1. The van der Waals surface area contributed by atoms with Crippen molar-refractivity contribution >= 4 is 40.2 Å². The second-order valence-electron chi connectivity index (χ2n) is 5.94. The van der Waals surface area contributed by atoms with Crippen LogP contribution >= 0.6 is 23.4 Å². The Morgan fingerprint density at radius 3 is 2.86 bits per heavy atom. The number of amides is 1. The van der Waals surface area contributed by atoms with Crippen molar-refractivity contribution in [2.45, 2.75) is 24.9 Å². The summed E-state index contributed by atoms with van der Waals surface area (Å²) in [6.07, 6.45) is 0.962. The number of para-hydroxylation sites is 1. The minimum atomic E-state index is -0.166. The van der Waals surface area contributed by atoms with E-state index in [0.29, 0.717) is 52.0 Å². The Kier molecular flexibility index (Phi) is 7.08. The number of thioether (sulfide) groups is 1. The predicted octanol–water partition coefficient (Wildman–Crippen LogP) is 3.98. The molecule has 1 amide bonds. The number of rotatable bonds is 8. The average Bonchev–Trinajstić information content (AvgIpc) is 2.70. The van der Waals surface area contributed by atoms with Crippen molar-refractivity contribution < 1.29 is 9.63 Å². The van der Waals surface area contributed by atoms with Gasteiger partial charge in [-0.3, -0.25) is 19.0 Å². The highest BCUT2D eigenvalue weighted by Gasteiger charge is 2.13. The van der Waals surface area contributed by atoms with E-state index >= 15 is 0 Å². The van der Waals surface area contributed by atoms with Crippen molar-refractivity contribution in [1.82, 2.24) is 15.0 Å². The quantitative estimate of drug-likeness (QED) is 0.260. The molecule has 0 aliphatic heterocycles. The van der Waals surface area contributed by atoms with Crippen LogP contribution in [0, 0.1) is 0 Å². The number of nitrogens with zero attached hydrogens (tertiary/aromatic N) is 2. The molecule has 1 N–H and O–H groups in total. The summed E-state index contributed by atoms with van der Waals surface area (Å²) in [6.45, 7) is 2.23. The minimum absolute atomic E-state index is 0.149. The number of halogens is 1. The fourth-order valence-corrected chi connectivity index (χ4v) is 3.79. The molecule has 0 aliphatic rings. The fraction of sp³-hybridized carbons (Fsp3) is 0.250. The maximum Gasteiger partial charge on any atom is 0.266 e. The van der Waals surface area contributed by atoms with E-state index in [-0.39, 0.29) is 11.5 Å². The lowest BCUT2D eigenvalue weighted by Crippen LogP contribution is -2.23. The second-order valence-corrected chi connectivity index (χ2v) is 7.44. The normalized spacial score (nSPS) is 10.9. The highest BCUT2D eigenvalue weighted by atomic mass is 35.5. The van der Waals surface area contributed by atoms with Gasteiger partial charge in [0.1, 0.15) is 0 Å². The summed E-state index contributed by atoms with van der Waals surface area (Å²) < 4.78 is 1.57. The Morgan fingerprint density at radius 1 is 1.25 bits per heavy atom. The smallest absolute Gasteiger partial charge is 0.266 e. The molecule has 2 aromatic carbocycles. The van der Waals surface area contributed by atoms with Crippen molar-refractivity contribution in [3.05, 3.63) is 63.9 Å². The first-order chi connectivity index (χ1) is 13.6. The second kappa shape index (κ2) is 9.73. The number of carbonyl (C=O) groups is 1. The Hall–Kier alpha value is -2.35. The summed E-state index contributed by atoms with van der Waals surface area (Å²) in [7, 11) is 0. The lowest BCUT2D eigenvalue weighted by atomic mass is 10.2. The van der Waals surface area contributed by atoms with Crippen LogP contribution in [0.2, 0.25) is 5.02 Å². The van der Waals surface area contributed by atoms with E-state index < -0.39 is 0 Å². The Balaban J connectivity index is 1.87. The van der Waals surface area contributed by atoms with Crippen molar-refractivity contribution in [3.63, 3.8) is 0 Å². The zero-order chi connectivity index (χ0) is 19.9. The van der Waals surface area contributed by atoms with E-state index in [4.69, 9.17) is 16.4 Å². The molecule has 0 aliphatic carbocycles. The van der Waals surface area contributed by atoms with Gasteiger partial charge in [0.15, 0.2) is 5.16 Å². The van der Waals surface area contributed by atoms with E-state index in [9.17, 15) is 9.59 Å². The molecule has 0 unspecified atom stereocenters. The van der Waals surface area contributed by atoms with Gasteiger partial charge in [0.25, 0.3) is 5.56 Å². The molecule has 0 atom stereocenters. The summed E-state index contributed by atoms with van der Waals surface area (Å²) in [5.74, 6) is 0.464. The maximum absolute atomic E-state index is 13.1. The molecule has 0 saturated carbocycles. The first-order valence-corrected chi connectivity index (χ1v) is 10.3. The SMILES string of the molecule is CCONC(=O)CCCSc1nc2ccccc2c(=O)n1-c1cccc(Cl)c1. The van der Waals surface area contributed by atoms with Gasteiger partial charge in [-0.25, -0.2) is 10.5 Å². The molecule has 28 heavy (non-hydrogen) atoms. The van der Waals surface area contributed by atoms with Crippen molar-refractivity contribution in [2.24, 2.45) is 0 Å². The predicted molar refractivity (Wildman–Crippen MR) is 112 cm³/mol. The minimum Gasteiger partial charge on any atom is -0.274 e. The third-order valence-electron chi connectivity index (χ3n) is 3.92. The number of benzene rings is 2. The molecular weight excluding hydrogens is 398 g/mol. The molecule has 0 fully saturated rings. The van der Waals surface area contributed by atoms with Crippen LogP contribution < -0.4 is 11.0 Å². The molecule has 3 aromatic rings. The number of hydrogen-bond acceptors (Lipinski definition) is 5. The molecule has 3 rings (SSSR count). The van der Waals surface area contributed by atoms with Crippen molar-refractivity contribution in [1.29, 1.82) is 0 Å². The average molecular weight is 418 g/mol. The highest BCUT2D eigenvalue weighted by molar-refractivity contribution is 7.99. The third-order valence-corrected chi connectivity index (χ3v) is 5.18. The highest BCUT2D eigenvalue weighted by Crippen LogP contribution is 2.23. The van der Waals surface area contributed by atoms with Crippen LogP contribution in [0.15, 0.2) is 58.5 Å². The lowest BCUT2D eigenvalue weighted by molar-refractivity contribution is -0.133. The summed E-state index contributed by atoms with van der Waals surface area (Å²) in [5, 5.41) is 1.65. The lowest BCUT2D eigenvalue weighted by Gasteiger charge is -2.13. The van der Waals surface area contributed by atoms with Crippen molar-refractivity contribution in [3.8, 4) is 5.69 Å². The topological polar surface area (TPSA) is 73.2 Å². The zero-order valence-electron chi connectivity index (χ0n) is 15.4. The molecule has 1 heterocycles. The van der Waals surface area contributed by atoms with Gasteiger partial charge in [-0.05, 0) is 43.7 Å². The summed E-state index contributed by atoms with van der Waals surface area (Å²) in [5.41, 5.74) is 3.53. The van der Waals surface area contributed by atoms with E-state index in [1.807, 2.05) is 24.3 Å². The van der Waals surface area contributed by atoms with Gasteiger partial charge in [0.2, 0.25) is 5.91 Å². The Bertz CT molecular complexity index is 1040. The number of hydroxylamine groups is 1. The van der Waals surface area contributed by atoms with Crippen LogP contribution in [-0.2, 0) is 9.63 Å². The standard InChI is InChI=1S/C20H20ClN3O3S/c1-2-27-23-18(25)11-6-12-28-20-22-17-10-4-3-9-16(17)19(26)24(20)15-8-5-7-14(21)13-15/h3-5,7-10,13H,2,6,11-12H2,1H3,(H,23,25). The number of nitrogens with one attached hydrogen (secondary N) is 1. The summed E-state index contributed by atoms with van der Waals surface area (Å²) in [6, 6.07) is 14.4. The fourth-order valence-electron chi connectivity index (χ4n) is 2.65. The van der Waals surface area contributed by atoms with Crippen LogP contribution in [-0.4, -0.2) is 27.8 Å². The molecule has 0 spiro atoms. The van der Waals surface area contributed by atoms with E-state index in [1.165, 1.54) is 11.8 Å². The molecule has 0 bridgehead atoms. The monoisotopic (exact) mass is 417 g/mol. The van der Waals surface area contributed by atoms with E-state index in [0.717, 1.165) is 0 Å². The number of aromatic nitrogens is 2. The van der Waals surface area contributed by atoms with Crippen LogP contribution in [0.3, 0.4) is 0 Å². The van der Waals surface area contributed by atoms with Gasteiger partial charge in [-0.15, -0.1) is 0 Å². The van der Waals surface area contributed by atoms with Gasteiger partial charge in [-0.2, -0.15) is 0 Å². The van der Waals surface area contributed by atoms with E-state index in [1.54, 1.807) is 35.8 Å². The van der Waals surface area contributed by atoms with Crippen LogP contribution in [0.25, 0.3) is 16.6 Å². The number of carbonyl (C=O) groups excluding carboxylic acids is 1. The molecule has 0 saturated heterocycles. The van der Waals surface area contributed by atoms with Crippen LogP contribution in [0.4, 0.5) is 0 Å². The van der Waals surface area contributed by atoms with Crippen LogP contribution in [0.5, 0.6) is 0 Å². The van der Waals surface area contributed by atoms with Gasteiger partial charge < -0.3 is 0 Å². The maximum atomic E-state index is 13.1. The molecule has 6 nitrogen and oxygen atoms in total. The first kappa shape index (κ1) is 20.4. The molecule has 1 aromatic heterocycles.